The zero-order chi connectivity index (χ0) is 9.14. The van der Waals surface area contributed by atoms with Crippen LogP contribution >= 0.6 is 27.5 Å². The van der Waals surface area contributed by atoms with E-state index in [0.29, 0.717) is 4.47 Å². The molecule has 0 aromatic heterocycles. The van der Waals surface area contributed by atoms with Crippen LogP contribution in [0, 0.1) is 5.82 Å². The zero-order valence-electron chi connectivity index (χ0n) is 5.76. The molecule has 1 aromatic carbocycles. The van der Waals surface area contributed by atoms with Crippen LogP contribution < -0.4 is 0 Å². The molecule has 0 aliphatic heterocycles. The van der Waals surface area contributed by atoms with Gasteiger partial charge in [-0.3, -0.25) is 0 Å². The molecule has 0 radical (unpaired) electrons. The summed E-state index contributed by atoms with van der Waals surface area (Å²) in [5.74, 6) is -0.535. The predicted octanol–water partition coefficient (Wildman–Crippen LogP) is 3.05. The third kappa shape index (κ3) is 1.95. The SMILES string of the molecule is O/N=C/c1c(F)cc(Cl)cc1Br. The third-order valence-electron chi connectivity index (χ3n) is 1.23. The van der Waals surface area contributed by atoms with Gasteiger partial charge in [0.1, 0.15) is 5.82 Å². The lowest BCUT2D eigenvalue weighted by molar-refractivity contribution is 0.321. The summed E-state index contributed by atoms with van der Waals surface area (Å²) in [6.07, 6.45) is 0.996. The van der Waals surface area contributed by atoms with E-state index >= 15 is 0 Å². The first-order chi connectivity index (χ1) is 5.65. The number of hydrogen-bond donors (Lipinski definition) is 1. The molecule has 0 amide bonds. The molecule has 0 spiro atoms. The largest absolute Gasteiger partial charge is 0.411 e. The van der Waals surface area contributed by atoms with Crippen molar-refractivity contribution in [3.63, 3.8) is 0 Å². The van der Waals surface area contributed by atoms with Gasteiger partial charge in [0, 0.05) is 15.1 Å². The van der Waals surface area contributed by atoms with Gasteiger partial charge in [-0.2, -0.15) is 0 Å². The van der Waals surface area contributed by atoms with Gasteiger partial charge in [-0.1, -0.05) is 16.8 Å². The molecule has 0 aliphatic carbocycles. The van der Waals surface area contributed by atoms with E-state index in [2.05, 4.69) is 21.1 Å². The van der Waals surface area contributed by atoms with E-state index in [1.165, 1.54) is 6.07 Å². The predicted molar refractivity (Wildman–Crippen MR) is 48.5 cm³/mol. The standard InChI is InChI=1S/C7H4BrClFNO/c8-6-1-4(9)2-7(10)5(6)3-11-12/h1-3,12H/b11-3+. The maximum atomic E-state index is 13.0. The van der Waals surface area contributed by atoms with Crippen molar-refractivity contribution in [1.82, 2.24) is 0 Å². The number of rotatable bonds is 1. The average Bonchev–Trinajstić information content (AvgIpc) is 1.96. The van der Waals surface area contributed by atoms with Gasteiger partial charge in [0.2, 0.25) is 0 Å². The number of hydrogen-bond acceptors (Lipinski definition) is 2. The van der Waals surface area contributed by atoms with Gasteiger partial charge in [-0.15, -0.1) is 0 Å². The molecular formula is C7H4BrClFNO. The molecule has 0 heterocycles. The quantitative estimate of drug-likeness (QED) is 0.465. The van der Waals surface area contributed by atoms with Crippen LogP contribution in [-0.4, -0.2) is 11.4 Å². The highest BCUT2D eigenvalue weighted by Gasteiger charge is 2.05. The zero-order valence-corrected chi connectivity index (χ0v) is 8.10. The first-order valence-electron chi connectivity index (χ1n) is 2.97. The lowest BCUT2D eigenvalue weighted by Gasteiger charge is -1.99. The maximum absolute atomic E-state index is 13.0. The van der Waals surface area contributed by atoms with Crippen LogP contribution in [0.3, 0.4) is 0 Å². The Labute approximate surface area is 81.8 Å². The lowest BCUT2D eigenvalue weighted by Crippen LogP contribution is -1.90. The molecule has 0 atom stereocenters. The molecule has 2 nitrogen and oxygen atoms in total. The van der Waals surface area contributed by atoms with Crippen molar-refractivity contribution in [1.29, 1.82) is 0 Å². The highest BCUT2D eigenvalue weighted by atomic mass is 79.9. The molecule has 1 rings (SSSR count). The second-order valence-electron chi connectivity index (χ2n) is 2.03. The summed E-state index contributed by atoms with van der Waals surface area (Å²) in [5, 5.41) is 11.2. The smallest absolute Gasteiger partial charge is 0.134 e. The van der Waals surface area contributed by atoms with E-state index < -0.39 is 5.82 Å². The van der Waals surface area contributed by atoms with Gasteiger partial charge in [0.05, 0.1) is 6.21 Å². The van der Waals surface area contributed by atoms with Crippen molar-refractivity contribution < 1.29 is 9.60 Å². The molecule has 1 aromatic rings. The van der Waals surface area contributed by atoms with Crippen molar-refractivity contribution in [3.8, 4) is 0 Å². The van der Waals surface area contributed by atoms with E-state index in [0.717, 1.165) is 12.3 Å². The molecule has 1 N–H and O–H groups in total. The third-order valence-corrected chi connectivity index (χ3v) is 2.10. The Balaban J connectivity index is 3.28. The van der Waals surface area contributed by atoms with Gasteiger partial charge in [-0.05, 0) is 28.1 Å². The second kappa shape index (κ2) is 3.87. The number of oxime groups is 1. The topological polar surface area (TPSA) is 32.6 Å². The normalized spacial score (nSPS) is 10.9. The molecule has 5 heteroatoms. The minimum Gasteiger partial charge on any atom is -0.411 e. The van der Waals surface area contributed by atoms with Crippen molar-refractivity contribution in [2.75, 3.05) is 0 Å². The van der Waals surface area contributed by atoms with E-state index in [-0.39, 0.29) is 10.6 Å². The first kappa shape index (κ1) is 9.48. The highest BCUT2D eigenvalue weighted by molar-refractivity contribution is 9.10. The summed E-state index contributed by atoms with van der Waals surface area (Å²) in [5.41, 5.74) is 0.168. The van der Waals surface area contributed by atoms with E-state index in [4.69, 9.17) is 16.8 Å². The van der Waals surface area contributed by atoms with Crippen molar-refractivity contribution in [2.45, 2.75) is 0 Å². The molecule has 64 valence electrons. The Morgan fingerprint density at radius 2 is 2.25 bits per heavy atom. The molecule has 0 saturated heterocycles. The number of nitrogens with zero attached hydrogens (tertiary/aromatic N) is 1. The van der Waals surface area contributed by atoms with Crippen LogP contribution in [0.25, 0.3) is 0 Å². The summed E-state index contributed by atoms with van der Waals surface area (Å²) in [7, 11) is 0. The minimum atomic E-state index is -0.535. The molecular weight excluding hydrogens is 248 g/mol. The molecule has 0 unspecified atom stereocenters. The highest BCUT2D eigenvalue weighted by Crippen LogP contribution is 2.23. The molecule has 0 aliphatic rings. The van der Waals surface area contributed by atoms with Crippen LogP contribution in [0.4, 0.5) is 4.39 Å². The van der Waals surface area contributed by atoms with Crippen LogP contribution in [0.5, 0.6) is 0 Å². The summed E-state index contributed by atoms with van der Waals surface area (Å²) >= 11 is 8.62. The molecule has 0 bridgehead atoms. The summed E-state index contributed by atoms with van der Waals surface area (Å²) in [6, 6.07) is 2.66. The summed E-state index contributed by atoms with van der Waals surface area (Å²) < 4.78 is 13.4. The number of halogens is 3. The molecule has 12 heavy (non-hydrogen) atoms. The Bertz CT molecular complexity index is 306. The van der Waals surface area contributed by atoms with E-state index in [9.17, 15) is 4.39 Å². The van der Waals surface area contributed by atoms with Gasteiger partial charge in [0.15, 0.2) is 0 Å². The summed E-state index contributed by atoms with van der Waals surface area (Å²) in [4.78, 5) is 0. The Hall–Kier alpha value is -0.610. The van der Waals surface area contributed by atoms with Crippen LogP contribution in [0.1, 0.15) is 5.56 Å². The number of benzene rings is 1. The fourth-order valence-electron chi connectivity index (χ4n) is 0.734. The van der Waals surface area contributed by atoms with Crippen molar-refractivity contribution in [2.24, 2.45) is 5.16 Å². The van der Waals surface area contributed by atoms with E-state index in [1.54, 1.807) is 0 Å². The van der Waals surface area contributed by atoms with Crippen LogP contribution in [0.15, 0.2) is 21.8 Å². The van der Waals surface area contributed by atoms with Gasteiger partial charge < -0.3 is 5.21 Å². The van der Waals surface area contributed by atoms with Crippen molar-refractivity contribution >= 4 is 33.7 Å². The maximum Gasteiger partial charge on any atom is 0.134 e. The van der Waals surface area contributed by atoms with Crippen LogP contribution in [0.2, 0.25) is 5.02 Å². The van der Waals surface area contributed by atoms with Crippen LogP contribution in [-0.2, 0) is 0 Å². The second-order valence-corrected chi connectivity index (χ2v) is 3.32. The summed E-state index contributed by atoms with van der Waals surface area (Å²) in [6.45, 7) is 0. The molecule has 0 saturated carbocycles. The minimum absolute atomic E-state index is 0.168. The Kier molecular flexibility index (Phi) is 3.05. The Morgan fingerprint density at radius 3 is 2.75 bits per heavy atom. The van der Waals surface area contributed by atoms with Gasteiger partial charge >= 0.3 is 0 Å². The fraction of sp³-hybridized carbons (Fsp3) is 0. The van der Waals surface area contributed by atoms with Gasteiger partial charge in [-0.25, -0.2) is 4.39 Å². The molecule has 0 fully saturated rings. The van der Waals surface area contributed by atoms with Crippen molar-refractivity contribution in [3.05, 3.63) is 33.0 Å². The van der Waals surface area contributed by atoms with E-state index in [1.807, 2.05) is 0 Å². The average molecular weight is 252 g/mol. The lowest BCUT2D eigenvalue weighted by atomic mass is 10.2. The Morgan fingerprint density at radius 1 is 1.58 bits per heavy atom. The monoisotopic (exact) mass is 251 g/mol. The van der Waals surface area contributed by atoms with Gasteiger partial charge in [0.25, 0.3) is 0 Å². The fourth-order valence-corrected chi connectivity index (χ4v) is 1.61. The first-order valence-corrected chi connectivity index (χ1v) is 4.14.